The van der Waals surface area contributed by atoms with E-state index in [0.29, 0.717) is 28.9 Å². The second kappa shape index (κ2) is 11.0. The van der Waals surface area contributed by atoms with Crippen LogP contribution in [0.5, 0.6) is 0 Å². The summed E-state index contributed by atoms with van der Waals surface area (Å²) in [6.45, 7) is 1.46. The van der Waals surface area contributed by atoms with Gasteiger partial charge in [0, 0.05) is 29.2 Å². The lowest BCUT2D eigenvalue weighted by molar-refractivity contribution is 0.251. The van der Waals surface area contributed by atoms with Crippen LogP contribution in [0.2, 0.25) is 5.02 Å². The molecule has 0 bridgehead atoms. The molecule has 0 spiro atoms. The summed E-state index contributed by atoms with van der Waals surface area (Å²) in [6.07, 6.45) is 3.44. The van der Waals surface area contributed by atoms with E-state index in [4.69, 9.17) is 16.9 Å². The Labute approximate surface area is 199 Å². The van der Waals surface area contributed by atoms with Gasteiger partial charge in [0.1, 0.15) is 0 Å². The van der Waals surface area contributed by atoms with Crippen LogP contribution >= 0.6 is 11.6 Å². The standard InChI is InChI=1S/C27H27ClN4O/c28-24-8-10-26(11-9-24)32-27(33)31-18-23(14-15-30-25-12-13-25)21-6-4-20(5-7-21)22-3-1-2-19(16-22)17-29/h1-11,16,23,25,30H,12-15,18H2,(H2,31,32,33). The van der Waals surface area contributed by atoms with E-state index in [1.807, 2.05) is 24.3 Å². The minimum atomic E-state index is -0.234. The number of nitriles is 1. The Morgan fingerprint density at radius 1 is 1.03 bits per heavy atom. The number of amides is 2. The largest absolute Gasteiger partial charge is 0.337 e. The van der Waals surface area contributed by atoms with Crippen molar-refractivity contribution in [2.75, 3.05) is 18.4 Å². The molecule has 0 heterocycles. The van der Waals surface area contributed by atoms with E-state index in [9.17, 15) is 4.79 Å². The van der Waals surface area contributed by atoms with Gasteiger partial charge in [0.15, 0.2) is 0 Å². The molecule has 1 fully saturated rings. The first-order valence-electron chi connectivity index (χ1n) is 11.2. The summed E-state index contributed by atoms with van der Waals surface area (Å²) in [6, 6.07) is 25.7. The van der Waals surface area contributed by atoms with Crippen LogP contribution < -0.4 is 16.0 Å². The van der Waals surface area contributed by atoms with Gasteiger partial charge in [-0.1, -0.05) is 48.0 Å². The highest BCUT2D eigenvalue weighted by Crippen LogP contribution is 2.26. The van der Waals surface area contributed by atoms with Crippen molar-refractivity contribution in [3.8, 4) is 17.2 Å². The molecule has 168 valence electrons. The summed E-state index contributed by atoms with van der Waals surface area (Å²) in [7, 11) is 0. The molecule has 1 atom stereocenters. The number of carbonyl (C=O) groups is 1. The molecule has 3 aromatic rings. The minimum Gasteiger partial charge on any atom is -0.337 e. The van der Waals surface area contributed by atoms with E-state index in [0.717, 1.165) is 24.1 Å². The lowest BCUT2D eigenvalue weighted by atomic mass is 9.93. The quantitative estimate of drug-likeness (QED) is 0.372. The summed E-state index contributed by atoms with van der Waals surface area (Å²) < 4.78 is 0. The predicted molar refractivity (Wildman–Crippen MR) is 133 cm³/mol. The second-order valence-corrected chi connectivity index (χ2v) is 8.81. The van der Waals surface area contributed by atoms with Gasteiger partial charge in [0.05, 0.1) is 11.6 Å². The topological polar surface area (TPSA) is 77.0 Å². The molecular formula is C27H27ClN4O. The fourth-order valence-corrected chi connectivity index (χ4v) is 3.90. The first kappa shape index (κ1) is 22.8. The molecule has 0 aromatic heterocycles. The van der Waals surface area contributed by atoms with Crippen LogP contribution in [0, 0.1) is 11.3 Å². The Hall–Kier alpha value is -3.33. The third-order valence-corrected chi connectivity index (χ3v) is 6.07. The Morgan fingerprint density at radius 3 is 2.48 bits per heavy atom. The Bertz CT molecular complexity index is 1120. The maximum atomic E-state index is 12.4. The molecule has 33 heavy (non-hydrogen) atoms. The molecule has 1 aliphatic carbocycles. The third kappa shape index (κ3) is 6.82. The van der Waals surface area contributed by atoms with Gasteiger partial charge in [-0.2, -0.15) is 5.26 Å². The molecule has 1 saturated carbocycles. The van der Waals surface area contributed by atoms with Crippen molar-refractivity contribution < 1.29 is 4.79 Å². The van der Waals surface area contributed by atoms with E-state index in [1.165, 1.54) is 18.4 Å². The number of hydrogen-bond acceptors (Lipinski definition) is 3. The Balaban J connectivity index is 1.41. The number of anilines is 1. The summed E-state index contributed by atoms with van der Waals surface area (Å²) in [5.74, 6) is 0.187. The number of nitrogens with one attached hydrogen (secondary N) is 3. The van der Waals surface area contributed by atoms with E-state index in [2.05, 4.69) is 46.3 Å². The highest BCUT2D eigenvalue weighted by molar-refractivity contribution is 6.30. The monoisotopic (exact) mass is 458 g/mol. The van der Waals surface area contributed by atoms with Crippen LogP contribution in [0.15, 0.2) is 72.8 Å². The van der Waals surface area contributed by atoms with Crippen LogP contribution in [0.4, 0.5) is 10.5 Å². The van der Waals surface area contributed by atoms with Crippen molar-refractivity contribution >= 4 is 23.3 Å². The van der Waals surface area contributed by atoms with Crippen LogP contribution in [-0.2, 0) is 0 Å². The predicted octanol–water partition coefficient (Wildman–Crippen LogP) is 5.93. The van der Waals surface area contributed by atoms with Gasteiger partial charge < -0.3 is 16.0 Å². The van der Waals surface area contributed by atoms with Crippen LogP contribution in [0.1, 0.15) is 36.3 Å². The molecule has 0 saturated heterocycles. The number of rotatable bonds is 9. The molecule has 1 unspecified atom stereocenters. The maximum Gasteiger partial charge on any atom is 0.319 e. The molecule has 5 nitrogen and oxygen atoms in total. The average molecular weight is 459 g/mol. The molecule has 2 amide bonds. The lowest BCUT2D eigenvalue weighted by Gasteiger charge is -2.19. The van der Waals surface area contributed by atoms with Crippen molar-refractivity contribution in [2.24, 2.45) is 0 Å². The number of hydrogen-bond donors (Lipinski definition) is 3. The number of halogens is 1. The van der Waals surface area contributed by atoms with E-state index < -0.39 is 0 Å². The molecule has 0 radical (unpaired) electrons. The van der Waals surface area contributed by atoms with E-state index >= 15 is 0 Å². The van der Waals surface area contributed by atoms with Gasteiger partial charge in [-0.25, -0.2) is 4.79 Å². The van der Waals surface area contributed by atoms with Crippen LogP contribution in [0.3, 0.4) is 0 Å². The van der Waals surface area contributed by atoms with Crippen LogP contribution in [0.25, 0.3) is 11.1 Å². The molecule has 6 heteroatoms. The Kier molecular flexibility index (Phi) is 7.62. The zero-order valence-electron chi connectivity index (χ0n) is 18.4. The summed E-state index contributed by atoms with van der Waals surface area (Å²) in [5, 5.41) is 19.2. The Morgan fingerprint density at radius 2 is 1.79 bits per heavy atom. The van der Waals surface area contributed by atoms with Gasteiger partial charge in [-0.15, -0.1) is 0 Å². The smallest absolute Gasteiger partial charge is 0.319 e. The van der Waals surface area contributed by atoms with Gasteiger partial charge in [0.2, 0.25) is 0 Å². The molecule has 1 aliphatic rings. The average Bonchev–Trinajstić information content (AvgIpc) is 3.67. The number of urea groups is 1. The molecule has 4 rings (SSSR count). The summed E-state index contributed by atoms with van der Waals surface area (Å²) in [4.78, 5) is 12.4. The van der Waals surface area contributed by atoms with Gasteiger partial charge in [-0.05, 0) is 78.9 Å². The summed E-state index contributed by atoms with van der Waals surface area (Å²) >= 11 is 5.91. The van der Waals surface area contributed by atoms with E-state index in [1.54, 1.807) is 24.3 Å². The highest BCUT2D eigenvalue weighted by atomic mass is 35.5. The number of benzene rings is 3. The van der Waals surface area contributed by atoms with Crippen molar-refractivity contribution in [3.63, 3.8) is 0 Å². The zero-order valence-corrected chi connectivity index (χ0v) is 19.1. The molecule has 3 N–H and O–H groups in total. The van der Waals surface area contributed by atoms with Crippen molar-refractivity contribution in [3.05, 3.63) is 88.9 Å². The normalized spacial score (nSPS) is 13.7. The molecule has 0 aliphatic heterocycles. The third-order valence-electron chi connectivity index (χ3n) is 5.82. The van der Waals surface area contributed by atoms with Gasteiger partial charge in [-0.3, -0.25) is 0 Å². The van der Waals surface area contributed by atoms with Crippen LogP contribution in [-0.4, -0.2) is 25.2 Å². The molecular weight excluding hydrogens is 432 g/mol. The zero-order chi connectivity index (χ0) is 23.0. The maximum absolute atomic E-state index is 12.4. The van der Waals surface area contributed by atoms with Gasteiger partial charge in [0.25, 0.3) is 0 Å². The SMILES string of the molecule is N#Cc1cccc(-c2ccc(C(CCNC3CC3)CNC(=O)Nc3ccc(Cl)cc3)cc2)c1. The minimum absolute atomic E-state index is 0.187. The number of nitrogens with zero attached hydrogens (tertiary/aromatic N) is 1. The lowest BCUT2D eigenvalue weighted by Crippen LogP contribution is -2.33. The number of carbonyl (C=O) groups excluding carboxylic acids is 1. The van der Waals surface area contributed by atoms with Crippen molar-refractivity contribution in [2.45, 2.75) is 31.2 Å². The van der Waals surface area contributed by atoms with Crippen molar-refractivity contribution in [1.29, 1.82) is 5.26 Å². The second-order valence-electron chi connectivity index (χ2n) is 8.37. The molecule has 3 aromatic carbocycles. The van der Waals surface area contributed by atoms with E-state index in [-0.39, 0.29) is 11.9 Å². The highest BCUT2D eigenvalue weighted by Gasteiger charge is 2.21. The fourth-order valence-electron chi connectivity index (χ4n) is 3.78. The van der Waals surface area contributed by atoms with Crippen molar-refractivity contribution in [1.82, 2.24) is 10.6 Å². The fraction of sp³-hybridized carbons (Fsp3) is 0.259. The first-order valence-corrected chi connectivity index (χ1v) is 11.6. The first-order chi connectivity index (χ1) is 16.1. The van der Waals surface area contributed by atoms with Gasteiger partial charge >= 0.3 is 6.03 Å². The summed E-state index contributed by atoms with van der Waals surface area (Å²) in [5.41, 5.74) is 4.62.